The van der Waals surface area contributed by atoms with E-state index in [4.69, 9.17) is 25.8 Å². The lowest BCUT2D eigenvalue weighted by Crippen LogP contribution is -2.23. The zero-order valence-corrected chi connectivity index (χ0v) is 18.3. The number of aryl methyl sites for hydroxylation is 1. The molecule has 0 fully saturated rings. The van der Waals surface area contributed by atoms with Crippen molar-refractivity contribution in [3.8, 4) is 11.5 Å². The number of rotatable bonds is 11. The van der Waals surface area contributed by atoms with Gasteiger partial charge in [-0.3, -0.25) is 0 Å². The fraction of sp³-hybridized carbons (Fsp3) is 0.478. The highest BCUT2D eigenvalue weighted by molar-refractivity contribution is 6.18. The number of halogens is 1. The minimum absolute atomic E-state index is 0.148. The average Bonchev–Trinajstić information content (AvgIpc) is 2.71. The summed E-state index contributed by atoms with van der Waals surface area (Å²) in [5.74, 6) is 1.60. The minimum atomic E-state index is -0.677. The molecular weight excluding hydrogens is 392 g/mol. The molecule has 2 N–H and O–H groups in total. The fourth-order valence-corrected chi connectivity index (χ4v) is 3.09. The van der Waals surface area contributed by atoms with E-state index in [1.165, 1.54) is 0 Å². The molecule has 0 bridgehead atoms. The maximum atomic E-state index is 9.69. The van der Waals surface area contributed by atoms with Gasteiger partial charge in [-0.05, 0) is 41.8 Å². The van der Waals surface area contributed by atoms with Crippen LogP contribution in [0.25, 0.3) is 0 Å². The number of aliphatic hydroxyl groups is 2. The summed E-state index contributed by atoms with van der Waals surface area (Å²) in [4.78, 5) is 0. The van der Waals surface area contributed by atoms with Crippen LogP contribution >= 0.6 is 11.6 Å². The molecule has 0 amide bonds. The van der Waals surface area contributed by atoms with E-state index in [9.17, 15) is 10.2 Å². The number of hydrogen-bond acceptors (Lipinski definition) is 5. The van der Waals surface area contributed by atoms with Gasteiger partial charge in [0.2, 0.25) is 0 Å². The molecule has 0 unspecified atom stereocenters. The molecule has 0 spiro atoms. The quantitative estimate of drug-likeness (QED) is 0.540. The molecule has 0 heterocycles. The van der Waals surface area contributed by atoms with Gasteiger partial charge in [-0.2, -0.15) is 0 Å². The first kappa shape index (κ1) is 23.5. The molecular formula is C23H31ClO5. The predicted octanol–water partition coefficient (Wildman–Crippen LogP) is 3.69. The van der Waals surface area contributed by atoms with E-state index in [1.807, 2.05) is 43.3 Å². The van der Waals surface area contributed by atoms with Gasteiger partial charge in [-0.1, -0.05) is 38.1 Å². The van der Waals surface area contributed by atoms with Gasteiger partial charge in [0, 0.05) is 12.5 Å². The lowest BCUT2D eigenvalue weighted by Gasteiger charge is -2.27. The molecule has 29 heavy (non-hydrogen) atoms. The van der Waals surface area contributed by atoms with Crippen LogP contribution in [-0.4, -0.2) is 55.2 Å². The monoisotopic (exact) mass is 422 g/mol. The van der Waals surface area contributed by atoms with Crippen LogP contribution in [0, 0.1) is 6.92 Å². The number of benzene rings is 2. The molecule has 6 heteroatoms. The van der Waals surface area contributed by atoms with Crippen molar-refractivity contribution < 1.29 is 24.4 Å². The normalized spacial score (nSPS) is 13.8. The number of aliphatic hydroxyl groups excluding tert-OH is 2. The van der Waals surface area contributed by atoms with Gasteiger partial charge in [0.05, 0.1) is 12.5 Å². The van der Waals surface area contributed by atoms with Gasteiger partial charge in [0.15, 0.2) is 0 Å². The topological polar surface area (TPSA) is 68.2 Å². The second kappa shape index (κ2) is 10.8. The summed E-state index contributed by atoms with van der Waals surface area (Å²) in [5, 5.41) is 19.3. The molecule has 2 aromatic carbocycles. The summed E-state index contributed by atoms with van der Waals surface area (Å²) in [7, 11) is 1.55. The molecule has 2 rings (SSSR count). The van der Waals surface area contributed by atoms with Crippen molar-refractivity contribution >= 4 is 11.6 Å². The second-order valence-corrected chi connectivity index (χ2v) is 7.98. The van der Waals surface area contributed by atoms with Crippen LogP contribution < -0.4 is 9.47 Å². The molecule has 160 valence electrons. The van der Waals surface area contributed by atoms with Crippen molar-refractivity contribution in [1.82, 2.24) is 0 Å². The number of ether oxygens (including phenoxy) is 3. The zero-order valence-electron chi connectivity index (χ0n) is 17.5. The van der Waals surface area contributed by atoms with Gasteiger partial charge in [-0.25, -0.2) is 0 Å². The summed E-state index contributed by atoms with van der Waals surface area (Å²) in [6, 6.07) is 14.0. The number of methoxy groups -OCH3 is 1. The fourth-order valence-electron chi connectivity index (χ4n) is 3.00. The standard InChI is InChI=1S/C23H31ClO5/c1-16-11-18(7-10-22(16)29-14-19(25)12-24)23(2,3)17-5-8-21(9-6-17)28-15-20(26)13-27-4/h5-11,19-20,25-26H,12-15H2,1-4H3/t19-,20+/m1/s1. The van der Waals surface area contributed by atoms with Crippen LogP contribution in [-0.2, 0) is 10.2 Å². The predicted molar refractivity (Wildman–Crippen MR) is 115 cm³/mol. The van der Waals surface area contributed by atoms with Crippen molar-refractivity contribution in [2.75, 3.05) is 32.8 Å². The Morgan fingerprint density at radius 2 is 1.52 bits per heavy atom. The maximum absolute atomic E-state index is 9.69. The summed E-state index contributed by atoms with van der Waals surface area (Å²) in [6.07, 6.45) is -1.33. The van der Waals surface area contributed by atoms with Crippen LogP contribution in [0.1, 0.15) is 30.5 Å². The molecule has 5 nitrogen and oxygen atoms in total. The Labute approximate surface area is 178 Å². The van der Waals surface area contributed by atoms with Crippen LogP contribution in [0.3, 0.4) is 0 Å². The van der Waals surface area contributed by atoms with Crippen molar-refractivity contribution in [3.05, 3.63) is 59.2 Å². The molecule has 0 saturated carbocycles. The Morgan fingerprint density at radius 3 is 2.10 bits per heavy atom. The average molecular weight is 423 g/mol. The van der Waals surface area contributed by atoms with E-state index in [0.717, 1.165) is 22.4 Å². The Bertz CT molecular complexity index is 760. The van der Waals surface area contributed by atoms with Crippen molar-refractivity contribution in [2.45, 2.75) is 38.4 Å². The van der Waals surface area contributed by atoms with Gasteiger partial charge in [0.25, 0.3) is 0 Å². The highest BCUT2D eigenvalue weighted by Crippen LogP contribution is 2.34. The smallest absolute Gasteiger partial charge is 0.122 e. The van der Waals surface area contributed by atoms with Crippen molar-refractivity contribution in [1.29, 1.82) is 0 Å². The van der Waals surface area contributed by atoms with Gasteiger partial charge in [-0.15, -0.1) is 11.6 Å². The van der Waals surface area contributed by atoms with Crippen LogP contribution in [0.2, 0.25) is 0 Å². The van der Waals surface area contributed by atoms with Crippen LogP contribution in [0.4, 0.5) is 0 Å². The van der Waals surface area contributed by atoms with Crippen molar-refractivity contribution in [3.63, 3.8) is 0 Å². The SMILES string of the molecule is COC[C@H](O)COc1ccc(C(C)(C)c2ccc(OC[C@H](O)CCl)c(C)c2)cc1. The first-order valence-electron chi connectivity index (χ1n) is 9.66. The maximum Gasteiger partial charge on any atom is 0.122 e. The molecule has 0 aliphatic heterocycles. The van der Waals surface area contributed by atoms with Gasteiger partial charge >= 0.3 is 0 Å². The molecule has 0 radical (unpaired) electrons. The Morgan fingerprint density at radius 1 is 0.897 bits per heavy atom. The lowest BCUT2D eigenvalue weighted by atomic mass is 9.77. The van der Waals surface area contributed by atoms with Gasteiger partial charge in [0.1, 0.15) is 36.9 Å². The van der Waals surface area contributed by atoms with Crippen molar-refractivity contribution in [2.24, 2.45) is 0 Å². The summed E-state index contributed by atoms with van der Waals surface area (Å²) >= 11 is 5.61. The molecule has 0 saturated heterocycles. The third kappa shape index (κ3) is 6.61. The lowest BCUT2D eigenvalue weighted by molar-refractivity contribution is 0.0325. The molecule has 0 aliphatic rings. The second-order valence-electron chi connectivity index (χ2n) is 7.67. The molecule has 2 aromatic rings. The summed E-state index contributed by atoms with van der Waals surface area (Å²) < 4.78 is 16.2. The highest BCUT2D eigenvalue weighted by Gasteiger charge is 2.24. The largest absolute Gasteiger partial charge is 0.491 e. The molecule has 0 aliphatic carbocycles. The van der Waals surface area contributed by atoms with E-state index < -0.39 is 12.2 Å². The Kier molecular flexibility index (Phi) is 8.78. The Hall–Kier alpha value is -1.79. The van der Waals surface area contributed by atoms with E-state index in [2.05, 4.69) is 19.9 Å². The van der Waals surface area contributed by atoms with Gasteiger partial charge < -0.3 is 24.4 Å². The van der Waals surface area contributed by atoms with Crippen LogP contribution in [0.15, 0.2) is 42.5 Å². The third-order valence-electron chi connectivity index (χ3n) is 4.88. The van der Waals surface area contributed by atoms with E-state index >= 15 is 0 Å². The van der Waals surface area contributed by atoms with E-state index in [0.29, 0.717) is 5.75 Å². The third-order valence-corrected chi connectivity index (χ3v) is 5.24. The number of alkyl halides is 1. The molecule has 0 aromatic heterocycles. The highest BCUT2D eigenvalue weighted by atomic mass is 35.5. The molecule has 2 atom stereocenters. The minimum Gasteiger partial charge on any atom is -0.491 e. The Balaban J connectivity index is 2.08. The summed E-state index contributed by atoms with van der Waals surface area (Å²) in [6.45, 7) is 6.93. The summed E-state index contributed by atoms with van der Waals surface area (Å²) in [5.41, 5.74) is 3.09. The van der Waals surface area contributed by atoms with E-state index in [1.54, 1.807) is 7.11 Å². The first-order valence-corrected chi connectivity index (χ1v) is 10.2. The zero-order chi connectivity index (χ0) is 21.4. The van der Waals surface area contributed by atoms with E-state index in [-0.39, 0.29) is 31.1 Å². The first-order chi connectivity index (χ1) is 13.8. The number of hydrogen-bond donors (Lipinski definition) is 2. The van der Waals surface area contributed by atoms with Crippen LogP contribution in [0.5, 0.6) is 11.5 Å².